The lowest BCUT2D eigenvalue weighted by atomic mass is 10.0. The molecule has 15 heavy (non-hydrogen) atoms. The predicted molar refractivity (Wildman–Crippen MR) is 56.5 cm³/mol. The monoisotopic (exact) mass is 206 g/mol. The number of fused-ring (bicyclic) bond motifs is 1. The summed E-state index contributed by atoms with van der Waals surface area (Å²) in [5.41, 5.74) is 2.80. The SMILES string of the molecule is COCC1Oc2cc(C)cc(C)c2C1=O. The number of aryl methyl sites for hydroxylation is 2. The highest BCUT2D eigenvalue weighted by Crippen LogP contribution is 2.32. The van der Waals surface area contributed by atoms with Crippen LogP contribution in [0.5, 0.6) is 5.75 Å². The summed E-state index contributed by atoms with van der Waals surface area (Å²) in [7, 11) is 1.57. The van der Waals surface area contributed by atoms with Gasteiger partial charge in [-0.25, -0.2) is 0 Å². The van der Waals surface area contributed by atoms with Crippen LogP contribution in [0, 0.1) is 13.8 Å². The van der Waals surface area contributed by atoms with E-state index in [1.165, 1.54) is 0 Å². The second-order valence-electron chi connectivity index (χ2n) is 3.88. The van der Waals surface area contributed by atoms with Gasteiger partial charge < -0.3 is 9.47 Å². The number of carbonyl (C=O) groups is 1. The maximum atomic E-state index is 11.9. The molecule has 1 aliphatic rings. The van der Waals surface area contributed by atoms with E-state index in [4.69, 9.17) is 9.47 Å². The number of rotatable bonds is 2. The average Bonchev–Trinajstić information content (AvgIpc) is 2.43. The average molecular weight is 206 g/mol. The molecule has 0 radical (unpaired) electrons. The Morgan fingerprint density at radius 1 is 1.40 bits per heavy atom. The van der Waals surface area contributed by atoms with E-state index in [1.807, 2.05) is 26.0 Å². The highest BCUT2D eigenvalue weighted by Gasteiger charge is 2.33. The number of ketones is 1. The van der Waals surface area contributed by atoms with Crippen molar-refractivity contribution in [2.24, 2.45) is 0 Å². The van der Waals surface area contributed by atoms with Gasteiger partial charge in [0.15, 0.2) is 6.10 Å². The molecule has 1 atom stereocenters. The summed E-state index contributed by atoms with van der Waals surface area (Å²) in [6.07, 6.45) is -0.467. The third-order valence-electron chi connectivity index (χ3n) is 2.57. The summed E-state index contributed by atoms with van der Waals surface area (Å²) >= 11 is 0. The summed E-state index contributed by atoms with van der Waals surface area (Å²) in [6, 6.07) is 3.89. The minimum Gasteiger partial charge on any atom is -0.479 e. The largest absolute Gasteiger partial charge is 0.479 e. The maximum absolute atomic E-state index is 11.9. The first-order valence-electron chi connectivity index (χ1n) is 4.94. The van der Waals surface area contributed by atoms with E-state index in [9.17, 15) is 4.79 Å². The van der Waals surface area contributed by atoms with Crippen LogP contribution in [0.25, 0.3) is 0 Å². The maximum Gasteiger partial charge on any atom is 0.209 e. The van der Waals surface area contributed by atoms with Gasteiger partial charge in [-0.1, -0.05) is 6.07 Å². The third-order valence-corrected chi connectivity index (χ3v) is 2.57. The molecule has 0 N–H and O–H groups in total. The van der Waals surface area contributed by atoms with Crippen molar-refractivity contribution in [3.8, 4) is 5.75 Å². The van der Waals surface area contributed by atoms with E-state index < -0.39 is 6.10 Å². The minimum atomic E-state index is -0.467. The zero-order valence-corrected chi connectivity index (χ0v) is 9.16. The van der Waals surface area contributed by atoms with Crippen molar-refractivity contribution in [1.82, 2.24) is 0 Å². The molecule has 3 nitrogen and oxygen atoms in total. The molecule has 0 amide bonds. The fourth-order valence-corrected chi connectivity index (χ4v) is 1.97. The predicted octanol–water partition coefficient (Wildman–Crippen LogP) is 1.89. The van der Waals surface area contributed by atoms with Gasteiger partial charge in [0.1, 0.15) is 5.75 Å². The van der Waals surface area contributed by atoms with Crippen molar-refractivity contribution in [2.45, 2.75) is 20.0 Å². The normalized spacial score (nSPS) is 18.9. The Morgan fingerprint density at radius 3 is 2.80 bits per heavy atom. The summed E-state index contributed by atoms with van der Waals surface area (Å²) in [4.78, 5) is 11.9. The molecular formula is C12H14O3. The van der Waals surface area contributed by atoms with Crippen molar-refractivity contribution in [2.75, 3.05) is 13.7 Å². The van der Waals surface area contributed by atoms with Gasteiger partial charge >= 0.3 is 0 Å². The summed E-state index contributed by atoms with van der Waals surface area (Å²) in [5.74, 6) is 0.726. The molecule has 0 saturated heterocycles. The first-order chi connectivity index (χ1) is 7.13. The van der Waals surface area contributed by atoms with Crippen molar-refractivity contribution < 1.29 is 14.3 Å². The number of hydrogen-bond donors (Lipinski definition) is 0. The summed E-state index contributed by atoms with van der Waals surface area (Å²) in [6.45, 7) is 4.24. The van der Waals surface area contributed by atoms with Crippen LogP contribution in [0.1, 0.15) is 21.5 Å². The fraction of sp³-hybridized carbons (Fsp3) is 0.417. The van der Waals surface area contributed by atoms with Crippen LogP contribution in [0.2, 0.25) is 0 Å². The van der Waals surface area contributed by atoms with E-state index in [-0.39, 0.29) is 5.78 Å². The second-order valence-corrected chi connectivity index (χ2v) is 3.88. The summed E-state index contributed by atoms with van der Waals surface area (Å²) in [5, 5.41) is 0. The van der Waals surface area contributed by atoms with Crippen LogP contribution in [0.4, 0.5) is 0 Å². The topological polar surface area (TPSA) is 35.5 Å². The molecule has 0 aromatic heterocycles. The number of Topliss-reactive ketones (excluding diaryl/α,β-unsaturated/α-hetero) is 1. The molecule has 0 bridgehead atoms. The summed E-state index contributed by atoms with van der Waals surface area (Å²) < 4.78 is 10.5. The zero-order chi connectivity index (χ0) is 11.0. The van der Waals surface area contributed by atoms with Gasteiger partial charge in [0.2, 0.25) is 5.78 Å². The van der Waals surface area contributed by atoms with Crippen LogP contribution in [0.3, 0.4) is 0 Å². The Labute approximate surface area is 89.0 Å². The molecule has 1 aromatic rings. The molecule has 0 aliphatic carbocycles. The molecule has 2 rings (SSSR count). The Kier molecular flexibility index (Phi) is 2.49. The van der Waals surface area contributed by atoms with Crippen molar-refractivity contribution in [3.63, 3.8) is 0 Å². The van der Waals surface area contributed by atoms with Crippen LogP contribution in [0.15, 0.2) is 12.1 Å². The molecule has 1 heterocycles. The van der Waals surface area contributed by atoms with Crippen LogP contribution < -0.4 is 4.74 Å². The Morgan fingerprint density at radius 2 is 2.13 bits per heavy atom. The number of benzene rings is 1. The molecule has 0 saturated carbocycles. The van der Waals surface area contributed by atoms with Gasteiger partial charge in [-0.05, 0) is 31.0 Å². The highest BCUT2D eigenvalue weighted by molar-refractivity contribution is 6.05. The van der Waals surface area contributed by atoms with Crippen molar-refractivity contribution >= 4 is 5.78 Å². The minimum absolute atomic E-state index is 0.0318. The Balaban J connectivity index is 2.41. The fourth-order valence-electron chi connectivity index (χ4n) is 1.97. The Bertz CT molecular complexity index is 410. The standard InChI is InChI=1S/C12H14O3/c1-7-4-8(2)11-9(5-7)15-10(6-14-3)12(11)13/h4-5,10H,6H2,1-3H3. The molecule has 0 fully saturated rings. The van der Waals surface area contributed by atoms with Gasteiger partial charge in [0, 0.05) is 7.11 Å². The van der Waals surface area contributed by atoms with E-state index in [2.05, 4.69) is 0 Å². The van der Waals surface area contributed by atoms with Crippen molar-refractivity contribution in [1.29, 1.82) is 0 Å². The van der Waals surface area contributed by atoms with E-state index in [1.54, 1.807) is 7.11 Å². The molecule has 0 spiro atoms. The highest BCUT2D eigenvalue weighted by atomic mass is 16.5. The van der Waals surface area contributed by atoms with E-state index in [0.717, 1.165) is 11.1 Å². The van der Waals surface area contributed by atoms with E-state index in [0.29, 0.717) is 17.9 Å². The molecule has 80 valence electrons. The molecular weight excluding hydrogens is 192 g/mol. The smallest absolute Gasteiger partial charge is 0.209 e. The third kappa shape index (κ3) is 1.63. The zero-order valence-electron chi connectivity index (χ0n) is 9.16. The van der Waals surface area contributed by atoms with Crippen LogP contribution in [-0.2, 0) is 4.74 Å². The first kappa shape index (κ1) is 10.2. The van der Waals surface area contributed by atoms with Gasteiger partial charge in [-0.2, -0.15) is 0 Å². The lowest BCUT2D eigenvalue weighted by molar-refractivity contribution is 0.0645. The van der Waals surface area contributed by atoms with Crippen LogP contribution in [-0.4, -0.2) is 25.6 Å². The Hall–Kier alpha value is -1.35. The second kappa shape index (κ2) is 3.66. The lowest BCUT2D eigenvalue weighted by Crippen LogP contribution is -2.25. The van der Waals surface area contributed by atoms with Crippen LogP contribution >= 0.6 is 0 Å². The van der Waals surface area contributed by atoms with Gasteiger partial charge in [0.05, 0.1) is 12.2 Å². The molecule has 1 unspecified atom stereocenters. The van der Waals surface area contributed by atoms with Gasteiger partial charge in [-0.15, -0.1) is 0 Å². The number of ether oxygens (including phenoxy) is 2. The quantitative estimate of drug-likeness (QED) is 0.741. The van der Waals surface area contributed by atoms with Gasteiger partial charge in [0.25, 0.3) is 0 Å². The lowest BCUT2D eigenvalue weighted by Gasteiger charge is -2.06. The molecule has 3 heteroatoms. The number of hydrogen-bond acceptors (Lipinski definition) is 3. The number of methoxy groups -OCH3 is 1. The molecule has 1 aromatic carbocycles. The van der Waals surface area contributed by atoms with Gasteiger partial charge in [-0.3, -0.25) is 4.79 Å². The van der Waals surface area contributed by atoms with E-state index >= 15 is 0 Å². The number of carbonyl (C=O) groups excluding carboxylic acids is 1. The van der Waals surface area contributed by atoms with Crippen molar-refractivity contribution in [3.05, 3.63) is 28.8 Å². The first-order valence-corrected chi connectivity index (χ1v) is 4.94. The molecule has 1 aliphatic heterocycles.